The van der Waals surface area contributed by atoms with Crippen molar-refractivity contribution >= 4 is 16.9 Å². The van der Waals surface area contributed by atoms with Crippen molar-refractivity contribution in [3.63, 3.8) is 0 Å². The van der Waals surface area contributed by atoms with E-state index in [1.54, 1.807) is 6.20 Å². The van der Waals surface area contributed by atoms with Crippen LogP contribution in [0, 0.1) is 5.92 Å². The minimum absolute atomic E-state index is 0.178. The summed E-state index contributed by atoms with van der Waals surface area (Å²) in [5.41, 5.74) is 0.713. The fourth-order valence-electron chi connectivity index (χ4n) is 4.01. The van der Waals surface area contributed by atoms with Crippen molar-refractivity contribution in [2.45, 2.75) is 32.3 Å². The van der Waals surface area contributed by atoms with Crippen LogP contribution in [0.4, 0.5) is 4.79 Å². The van der Waals surface area contributed by atoms with Crippen molar-refractivity contribution < 1.29 is 14.3 Å². The Kier molecular flexibility index (Phi) is 5.62. The fourth-order valence-corrected chi connectivity index (χ4v) is 4.01. The molecule has 1 saturated heterocycles. The summed E-state index contributed by atoms with van der Waals surface area (Å²) in [5, 5.41) is 2.10. The summed E-state index contributed by atoms with van der Waals surface area (Å²) in [7, 11) is 0. The quantitative estimate of drug-likeness (QED) is 0.595. The number of pyridine rings is 1. The Balaban J connectivity index is 1.53. The van der Waals surface area contributed by atoms with Crippen molar-refractivity contribution in [3.05, 3.63) is 72.6 Å². The first-order chi connectivity index (χ1) is 14.4. The molecule has 0 radical (unpaired) electrons. The van der Waals surface area contributed by atoms with Crippen molar-refractivity contribution in [3.8, 4) is 5.75 Å². The van der Waals surface area contributed by atoms with Crippen LogP contribution in [-0.2, 0) is 4.74 Å². The molecule has 1 amide bonds. The molecule has 1 aromatic heterocycles. The fraction of sp³-hybridized carbons (Fsp3) is 0.360. The van der Waals surface area contributed by atoms with Gasteiger partial charge in [0.1, 0.15) is 11.4 Å². The maximum absolute atomic E-state index is 12.7. The number of carbonyl (C=O) groups excluding carboxylic acids is 1. The lowest BCUT2D eigenvalue weighted by Gasteiger charge is -2.24. The SMILES string of the molecule is CC(C)(C)OC(=O)N1CC(c2ccccc2)[C@@H](COc2cccc3cnccc23)C1. The van der Waals surface area contributed by atoms with Crippen molar-refractivity contribution in [1.29, 1.82) is 0 Å². The number of hydrogen-bond donors (Lipinski definition) is 0. The van der Waals surface area contributed by atoms with Gasteiger partial charge in [0.2, 0.25) is 0 Å². The van der Waals surface area contributed by atoms with E-state index in [4.69, 9.17) is 9.47 Å². The molecule has 0 spiro atoms. The summed E-state index contributed by atoms with van der Waals surface area (Å²) in [6.45, 7) is 7.45. The van der Waals surface area contributed by atoms with Gasteiger partial charge in [-0.15, -0.1) is 0 Å². The van der Waals surface area contributed by atoms with E-state index in [0.29, 0.717) is 19.7 Å². The molecule has 5 heteroatoms. The van der Waals surface area contributed by atoms with Gasteiger partial charge in [-0.3, -0.25) is 4.98 Å². The Hall–Kier alpha value is -3.08. The molecule has 0 saturated carbocycles. The van der Waals surface area contributed by atoms with Crippen molar-refractivity contribution in [1.82, 2.24) is 9.88 Å². The van der Waals surface area contributed by atoms with Gasteiger partial charge in [-0.05, 0) is 38.5 Å². The van der Waals surface area contributed by atoms with Gasteiger partial charge < -0.3 is 14.4 Å². The second-order valence-corrected chi connectivity index (χ2v) is 8.83. The molecular formula is C25H28N2O3. The molecule has 1 aliphatic rings. The number of rotatable bonds is 4. The van der Waals surface area contributed by atoms with Gasteiger partial charge in [0, 0.05) is 48.1 Å². The average molecular weight is 405 g/mol. The zero-order valence-corrected chi connectivity index (χ0v) is 17.7. The van der Waals surface area contributed by atoms with Gasteiger partial charge in [-0.25, -0.2) is 4.79 Å². The van der Waals surface area contributed by atoms with Crippen LogP contribution in [0.1, 0.15) is 32.3 Å². The van der Waals surface area contributed by atoms with Crippen LogP contribution in [0.3, 0.4) is 0 Å². The summed E-state index contributed by atoms with van der Waals surface area (Å²) < 4.78 is 11.9. The number of carbonyl (C=O) groups is 1. The minimum atomic E-state index is -0.509. The zero-order chi connectivity index (χ0) is 21.1. The molecule has 0 aliphatic carbocycles. The molecule has 2 aromatic carbocycles. The summed E-state index contributed by atoms with van der Waals surface area (Å²) in [4.78, 5) is 18.7. The number of likely N-dealkylation sites (tertiary alicyclic amines) is 1. The lowest BCUT2D eigenvalue weighted by atomic mass is 9.89. The summed E-state index contributed by atoms with van der Waals surface area (Å²) >= 11 is 0. The molecular weight excluding hydrogens is 376 g/mol. The first-order valence-electron chi connectivity index (χ1n) is 10.4. The average Bonchev–Trinajstić information content (AvgIpc) is 3.16. The predicted octanol–water partition coefficient (Wildman–Crippen LogP) is 5.26. The van der Waals surface area contributed by atoms with Gasteiger partial charge in [-0.2, -0.15) is 0 Å². The molecule has 3 aromatic rings. The third-order valence-electron chi connectivity index (χ3n) is 5.41. The van der Waals surface area contributed by atoms with E-state index in [9.17, 15) is 4.79 Å². The van der Waals surface area contributed by atoms with Crippen LogP contribution in [-0.4, -0.2) is 41.3 Å². The molecule has 30 heavy (non-hydrogen) atoms. The van der Waals surface area contributed by atoms with Crippen LogP contribution in [0.25, 0.3) is 10.8 Å². The van der Waals surface area contributed by atoms with Crippen LogP contribution in [0.5, 0.6) is 5.75 Å². The molecule has 2 heterocycles. The molecule has 1 fully saturated rings. The molecule has 4 rings (SSSR count). The highest BCUT2D eigenvalue weighted by molar-refractivity contribution is 5.87. The van der Waals surface area contributed by atoms with Gasteiger partial charge >= 0.3 is 6.09 Å². The molecule has 0 bridgehead atoms. The van der Waals surface area contributed by atoms with Gasteiger partial charge in [0.25, 0.3) is 0 Å². The minimum Gasteiger partial charge on any atom is -0.493 e. The maximum Gasteiger partial charge on any atom is 0.410 e. The third kappa shape index (κ3) is 4.56. The predicted molar refractivity (Wildman–Crippen MR) is 118 cm³/mol. The van der Waals surface area contributed by atoms with Crippen molar-refractivity contribution in [2.24, 2.45) is 5.92 Å². The van der Waals surface area contributed by atoms with E-state index in [1.165, 1.54) is 5.56 Å². The smallest absolute Gasteiger partial charge is 0.410 e. The number of hydrogen-bond acceptors (Lipinski definition) is 4. The standard InChI is InChI=1S/C25H28N2O3/c1-25(2,3)30-24(28)27-15-20(22(16-27)18-8-5-4-6-9-18)17-29-23-11-7-10-19-14-26-13-12-21(19)23/h4-14,20,22H,15-17H2,1-3H3/t20-,22?/m1/s1. The van der Waals surface area contributed by atoms with Crippen LogP contribution in [0.15, 0.2) is 67.0 Å². The molecule has 2 atom stereocenters. The van der Waals surface area contributed by atoms with E-state index in [-0.39, 0.29) is 17.9 Å². The second kappa shape index (κ2) is 8.34. The van der Waals surface area contributed by atoms with Gasteiger partial charge in [0.05, 0.1) is 6.61 Å². The van der Waals surface area contributed by atoms with E-state index in [1.807, 2.05) is 74.3 Å². The zero-order valence-electron chi connectivity index (χ0n) is 17.7. The monoisotopic (exact) mass is 404 g/mol. The number of ether oxygens (including phenoxy) is 2. The first kappa shape index (κ1) is 20.2. The van der Waals surface area contributed by atoms with E-state index in [0.717, 1.165) is 16.5 Å². The van der Waals surface area contributed by atoms with Crippen LogP contribution in [0.2, 0.25) is 0 Å². The third-order valence-corrected chi connectivity index (χ3v) is 5.41. The Morgan fingerprint density at radius 2 is 1.87 bits per heavy atom. The normalized spacial score (nSPS) is 19.1. The van der Waals surface area contributed by atoms with E-state index < -0.39 is 5.60 Å². The topological polar surface area (TPSA) is 51.7 Å². The van der Waals surface area contributed by atoms with Crippen LogP contribution >= 0.6 is 0 Å². The highest BCUT2D eigenvalue weighted by atomic mass is 16.6. The lowest BCUT2D eigenvalue weighted by molar-refractivity contribution is 0.0283. The van der Waals surface area contributed by atoms with Crippen molar-refractivity contribution in [2.75, 3.05) is 19.7 Å². The summed E-state index contributed by atoms with van der Waals surface area (Å²) in [5.74, 6) is 1.23. The molecule has 156 valence electrons. The number of nitrogens with zero attached hydrogens (tertiary/aromatic N) is 2. The Morgan fingerprint density at radius 3 is 2.63 bits per heavy atom. The second-order valence-electron chi connectivity index (χ2n) is 8.83. The van der Waals surface area contributed by atoms with E-state index >= 15 is 0 Å². The number of benzene rings is 2. The molecule has 1 aliphatic heterocycles. The highest BCUT2D eigenvalue weighted by Gasteiger charge is 2.38. The Bertz CT molecular complexity index is 1010. The Morgan fingerprint density at radius 1 is 1.07 bits per heavy atom. The summed E-state index contributed by atoms with van der Waals surface area (Å²) in [6.07, 6.45) is 3.36. The maximum atomic E-state index is 12.7. The molecule has 0 N–H and O–H groups in total. The van der Waals surface area contributed by atoms with E-state index in [2.05, 4.69) is 17.1 Å². The highest BCUT2D eigenvalue weighted by Crippen LogP contribution is 2.35. The van der Waals surface area contributed by atoms with Gasteiger partial charge in [-0.1, -0.05) is 42.5 Å². The number of aromatic nitrogens is 1. The van der Waals surface area contributed by atoms with Gasteiger partial charge in [0.15, 0.2) is 0 Å². The Labute approximate surface area is 177 Å². The largest absolute Gasteiger partial charge is 0.493 e. The van der Waals surface area contributed by atoms with Crippen LogP contribution < -0.4 is 4.74 Å². The first-order valence-corrected chi connectivity index (χ1v) is 10.4. The number of fused-ring (bicyclic) bond motifs is 1. The number of amides is 1. The lowest BCUT2D eigenvalue weighted by Crippen LogP contribution is -2.35. The molecule has 1 unspecified atom stereocenters. The molecule has 5 nitrogen and oxygen atoms in total. The summed E-state index contributed by atoms with van der Waals surface area (Å²) in [6, 6.07) is 18.3.